The Kier molecular flexibility index (Phi) is 5.22. The predicted octanol–water partition coefficient (Wildman–Crippen LogP) is 5.73. The van der Waals surface area contributed by atoms with Crippen molar-refractivity contribution in [2.24, 2.45) is 0 Å². The summed E-state index contributed by atoms with van der Waals surface area (Å²) < 4.78 is 6.98. The highest BCUT2D eigenvalue weighted by Gasteiger charge is 2.45. The minimum atomic E-state index is -0.629. The van der Waals surface area contributed by atoms with Crippen LogP contribution in [-0.2, 0) is 6.42 Å². The summed E-state index contributed by atoms with van der Waals surface area (Å²) in [6, 6.07) is 10.6. The highest BCUT2D eigenvalue weighted by molar-refractivity contribution is 9.10. The minimum Gasteiger partial charge on any atom is -0.450 e. The third-order valence-corrected chi connectivity index (χ3v) is 7.31. The Bertz CT molecular complexity index is 1430. The monoisotopic (exact) mass is 509 g/mol. The van der Waals surface area contributed by atoms with Gasteiger partial charge in [0.1, 0.15) is 10.6 Å². The molecular formula is C24H20BrN3O3S. The number of benzene rings is 2. The van der Waals surface area contributed by atoms with Crippen molar-refractivity contribution in [3.63, 3.8) is 0 Å². The molecular weight excluding hydrogens is 490 g/mol. The third-order valence-electron chi connectivity index (χ3n) is 5.80. The van der Waals surface area contributed by atoms with Gasteiger partial charge in [-0.15, -0.1) is 10.2 Å². The van der Waals surface area contributed by atoms with Gasteiger partial charge in [0, 0.05) is 10.9 Å². The van der Waals surface area contributed by atoms with Gasteiger partial charge >= 0.3 is 0 Å². The number of rotatable bonds is 4. The van der Waals surface area contributed by atoms with E-state index in [0.29, 0.717) is 21.7 Å². The van der Waals surface area contributed by atoms with E-state index in [1.807, 2.05) is 50.2 Å². The van der Waals surface area contributed by atoms with E-state index in [2.05, 4.69) is 33.1 Å². The quantitative estimate of drug-likeness (QED) is 0.351. The van der Waals surface area contributed by atoms with Gasteiger partial charge in [-0.2, -0.15) is 0 Å². The van der Waals surface area contributed by atoms with E-state index >= 15 is 0 Å². The average molecular weight is 510 g/mol. The first kappa shape index (κ1) is 21.0. The Morgan fingerprint density at radius 3 is 2.53 bits per heavy atom. The highest BCUT2D eigenvalue weighted by Crippen LogP contribution is 2.42. The van der Waals surface area contributed by atoms with E-state index < -0.39 is 6.04 Å². The molecule has 5 rings (SSSR count). The molecule has 1 atom stereocenters. The Labute approximate surface area is 197 Å². The molecule has 4 aromatic rings. The van der Waals surface area contributed by atoms with Crippen molar-refractivity contribution in [3.8, 4) is 0 Å². The van der Waals surface area contributed by atoms with E-state index in [1.165, 1.54) is 11.3 Å². The SMILES string of the molecule is CCCc1nnc(N2C(=O)c3oc4cc(C)c(C)cc4c(=O)c3C2c2ccc(Br)cc2)s1. The summed E-state index contributed by atoms with van der Waals surface area (Å²) in [6.45, 7) is 5.99. The summed E-state index contributed by atoms with van der Waals surface area (Å²) in [4.78, 5) is 28.8. The second-order valence-corrected chi connectivity index (χ2v) is 9.92. The molecule has 8 heteroatoms. The largest absolute Gasteiger partial charge is 0.450 e. The van der Waals surface area contributed by atoms with Crippen LogP contribution in [0.15, 0.2) is 50.1 Å². The van der Waals surface area contributed by atoms with Gasteiger partial charge in [-0.25, -0.2) is 0 Å². The lowest BCUT2D eigenvalue weighted by atomic mass is 9.98. The number of aromatic nitrogens is 2. The summed E-state index contributed by atoms with van der Waals surface area (Å²) in [7, 11) is 0. The molecule has 3 heterocycles. The fourth-order valence-corrected chi connectivity index (χ4v) is 5.27. The molecule has 2 aromatic heterocycles. The van der Waals surface area contributed by atoms with Crippen molar-refractivity contribution in [2.45, 2.75) is 39.7 Å². The Morgan fingerprint density at radius 1 is 1.09 bits per heavy atom. The van der Waals surface area contributed by atoms with Crippen molar-refractivity contribution in [3.05, 3.63) is 84.1 Å². The van der Waals surface area contributed by atoms with Gasteiger partial charge < -0.3 is 4.42 Å². The summed E-state index contributed by atoms with van der Waals surface area (Å²) in [6.07, 6.45) is 1.72. The first-order chi connectivity index (χ1) is 15.4. The molecule has 1 unspecified atom stereocenters. The predicted molar refractivity (Wildman–Crippen MR) is 129 cm³/mol. The van der Waals surface area contributed by atoms with E-state index in [9.17, 15) is 9.59 Å². The molecule has 32 heavy (non-hydrogen) atoms. The number of carbonyl (C=O) groups is 1. The molecule has 0 N–H and O–H groups in total. The van der Waals surface area contributed by atoms with Crippen LogP contribution in [0.2, 0.25) is 0 Å². The molecule has 0 fully saturated rings. The van der Waals surface area contributed by atoms with Crippen LogP contribution in [0.4, 0.5) is 5.13 Å². The summed E-state index contributed by atoms with van der Waals surface area (Å²) in [5.41, 5.74) is 3.39. The van der Waals surface area contributed by atoms with Crippen LogP contribution < -0.4 is 10.3 Å². The summed E-state index contributed by atoms with van der Waals surface area (Å²) in [5, 5.41) is 10.3. The molecule has 6 nitrogen and oxygen atoms in total. The minimum absolute atomic E-state index is 0.0749. The van der Waals surface area contributed by atoms with Crippen LogP contribution in [0.1, 0.15) is 57.2 Å². The van der Waals surface area contributed by atoms with Gasteiger partial charge in [0.25, 0.3) is 5.91 Å². The van der Waals surface area contributed by atoms with Crippen molar-refractivity contribution in [1.29, 1.82) is 0 Å². The van der Waals surface area contributed by atoms with Crippen LogP contribution in [0.5, 0.6) is 0 Å². The molecule has 0 aliphatic carbocycles. The molecule has 1 amide bonds. The van der Waals surface area contributed by atoms with Crippen molar-refractivity contribution in [1.82, 2.24) is 10.2 Å². The zero-order chi connectivity index (χ0) is 22.6. The molecule has 0 bridgehead atoms. The Hall–Kier alpha value is -2.84. The van der Waals surface area contributed by atoms with Crippen molar-refractivity contribution >= 4 is 49.3 Å². The van der Waals surface area contributed by atoms with Gasteiger partial charge in [0.15, 0.2) is 5.43 Å². The molecule has 1 aliphatic rings. The van der Waals surface area contributed by atoms with Gasteiger partial charge in [0.05, 0.1) is 17.0 Å². The molecule has 0 radical (unpaired) electrons. The number of amides is 1. The Balaban J connectivity index is 1.77. The van der Waals surface area contributed by atoms with Crippen LogP contribution >= 0.6 is 27.3 Å². The number of carbonyl (C=O) groups excluding carboxylic acids is 1. The summed E-state index contributed by atoms with van der Waals surface area (Å²) in [5.74, 6) is -0.296. The lowest BCUT2D eigenvalue weighted by Crippen LogP contribution is -2.29. The molecule has 2 aromatic carbocycles. The number of nitrogens with zero attached hydrogens (tertiary/aromatic N) is 3. The first-order valence-electron chi connectivity index (χ1n) is 10.4. The average Bonchev–Trinajstić information content (AvgIpc) is 3.33. The number of aryl methyl sites for hydroxylation is 3. The maximum absolute atomic E-state index is 13.7. The zero-order valence-corrected chi connectivity index (χ0v) is 20.2. The zero-order valence-electron chi connectivity index (χ0n) is 17.8. The normalized spacial score (nSPS) is 15.6. The lowest BCUT2D eigenvalue weighted by Gasteiger charge is -2.22. The fourth-order valence-electron chi connectivity index (χ4n) is 4.04. The standard InChI is InChI=1S/C24H20BrN3O3S/c1-4-5-18-26-27-24(32-18)28-20(14-6-8-15(25)9-7-14)19-21(29)16-10-12(2)13(3)11-17(16)31-22(19)23(28)30/h6-11,20H,4-5H2,1-3H3. The molecule has 0 saturated carbocycles. The topological polar surface area (TPSA) is 76.3 Å². The molecule has 1 aliphatic heterocycles. The van der Waals surface area contributed by atoms with Crippen molar-refractivity contribution < 1.29 is 9.21 Å². The van der Waals surface area contributed by atoms with E-state index in [4.69, 9.17) is 4.42 Å². The smallest absolute Gasteiger partial charge is 0.297 e. The van der Waals surface area contributed by atoms with Crippen molar-refractivity contribution in [2.75, 3.05) is 4.90 Å². The molecule has 0 spiro atoms. The maximum atomic E-state index is 13.7. The highest BCUT2D eigenvalue weighted by atomic mass is 79.9. The number of halogens is 1. The molecule has 162 valence electrons. The van der Waals surface area contributed by atoms with Crippen LogP contribution in [0, 0.1) is 13.8 Å². The van der Waals surface area contributed by atoms with Crippen LogP contribution in [-0.4, -0.2) is 16.1 Å². The van der Waals surface area contributed by atoms with E-state index in [0.717, 1.165) is 39.0 Å². The first-order valence-corrected chi connectivity index (χ1v) is 12.0. The van der Waals surface area contributed by atoms with Gasteiger partial charge in [-0.3, -0.25) is 14.5 Å². The van der Waals surface area contributed by atoms with Gasteiger partial charge in [-0.1, -0.05) is 46.3 Å². The lowest BCUT2D eigenvalue weighted by molar-refractivity contribution is 0.0970. The van der Waals surface area contributed by atoms with Crippen LogP contribution in [0.3, 0.4) is 0 Å². The third kappa shape index (κ3) is 3.29. The Morgan fingerprint density at radius 2 is 1.81 bits per heavy atom. The van der Waals surface area contributed by atoms with E-state index in [-0.39, 0.29) is 17.1 Å². The number of hydrogen-bond acceptors (Lipinski definition) is 6. The second-order valence-electron chi connectivity index (χ2n) is 7.96. The fraction of sp³-hybridized carbons (Fsp3) is 0.250. The van der Waals surface area contributed by atoms with Gasteiger partial charge in [0.2, 0.25) is 10.9 Å². The number of hydrogen-bond donors (Lipinski definition) is 0. The maximum Gasteiger partial charge on any atom is 0.297 e. The summed E-state index contributed by atoms with van der Waals surface area (Å²) >= 11 is 4.83. The van der Waals surface area contributed by atoms with Crippen LogP contribution in [0.25, 0.3) is 11.0 Å². The number of anilines is 1. The molecule has 0 saturated heterocycles. The second kappa shape index (κ2) is 7.94. The van der Waals surface area contributed by atoms with Gasteiger partial charge in [-0.05, 0) is 61.2 Å². The van der Waals surface area contributed by atoms with E-state index in [1.54, 1.807) is 4.90 Å². The number of fused-ring (bicyclic) bond motifs is 2.